The van der Waals surface area contributed by atoms with Crippen molar-refractivity contribution in [2.24, 2.45) is 5.73 Å². The Kier molecular flexibility index (Phi) is 7.02. The number of aromatic nitrogens is 2. The summed E-state index contributed by atoms with van der Waals surface area (Å²) in [5.41, 5.74) is 7.00. The first-order chi connectivity index (χ1) is 17.7. The molecule has 2 saturated heterocycles. The van der Waals surface area contributed by atoms with Crippen LogP contribution in [0.25, 0.3) is 0 Å². The summed E-state index contributed by atoms with van der Waals surface area (Å²) in [6, 6.07) is 6.56. The fourth-order valence-electron chi connectivity index (χ4n) is 4.89. The van der Waals surface area contributed by atoms with Crippen molar-refractivity contribution in [2.45, 2.75) is 64.0 Å². The molecule has 2 aromatic heterocycles. The van der Waals surface area contributed by atoms with Crippen LogP contribution in [0, 0.1) is 0 Å². The van der Waals surface area contributed by atoms with E-state index in [0.717, 1.165) is 25.2 Å². The number of amides is 2. The molecule has 3 aliphatic heterocycles. The SMILES string of the molecule is C[C@H](N)CCC(=O)c1ccc2c(n1)N(C(=O)Nc1cc(OC[C@H]3COC(C)(C)O3)ccn1)[C@H]1CCN2C1. The zero-order valence-electron chi connectivity index (χ0n) is 21.5. The van der Waals surface area contributed by atoms with Gasteiger partial charge in [0, 0.05) is 37.8 Å². The van der Waals surface area contributed by atoms with E-state index in [0.29, 0.717) is 49.1 Å². The molecule has 3 N–H and O–H groups in total. The number of carbonyl (C=O) groups excluding carboxylic acids is 2. The molecule has 5 heterocycles. The molecule has 2 fully saturated rings. The topological polar surface area (TPSA) is 132 Å². The van der Waals surface area contributed by atoms with E-state index in [9.17, 15) is 9.59 Å². The first-order valence-corrected chi connectivity index (χ1v) is 12.7. The molecule has 2 bridgehead atoms. The van der Waals surface area contributed by atoms with Crippen LogP contribution in [0.5, 0.6) is 5.75 Å². The average molecular weight is 511 g/mol. The number of hydrogen-bond donors (Lipinski definition) is 2. The molecule has 2 aromatic rings. The lowest BCUT2D eigenvalue weighted by molar-refractivity contribution is -0.141. The molecule has 0 aromatic carbocycles. The maximum Gasteiger partial charge on any atom is 0.329 e. The number of pyridine rings is 2. The van der Waals surface area contributed by atoms with E-state index in [2.05, 4.69) is 20.2 Å². The molecule has 0 saturated carbocycles. The minimum Gasteiger partial charge on any atom is -0.491 e. The van der Waals surface area contributed by atoms with Gasteiger partial charge in [-0.05, 0) is 51.8 Å². The summed E-state index contributed by atoms with van der Waals surface area (Å²) in [5, 5.41) is 2.89. The number of nitrogens with two attached hydrogens (primary N) is 1. The van der Waals surface area contributed by atoms with Crippen molar-refractivity contribution < 1.29 is 23.8 Å². The largest absolute Gasteiger partial charge is 0.491 e. The van der Waals surface area contributed by atoms with E-state index in [4.69, 9.17) is 19.9 Å². The number of rotatable bonds is 8. The van der Waals surface area contributed by atoms with Gasteiger partial charge in [-0.15, -0.1) is 0 Å². The predicted molar refractivity (Wildman–Crippen MR) is 138 cm³/mol. The molecular formula is C26H34N6O5. The third-order valence-corrected chi connectivity index (χ3v) is 6.75. The summed E-state index contributed by atoms with van der Waals surface area (Å²) >= 11 is 0. The third-order valence-electron chi connectivity index (χ3n) is 6.75. The van der Waals surface area contributed by atoms with Crippen LogP contribution in [0.2, 0.25) is 0 Å². The maximum atomic E-state index is 13.5. The minimum atomic E-state index is -0.618. The highest BCUT2D eigenvalue weighted by Gasteiger charge is 2.40. The maximum absolute atomic E-state index is 13.5. The fourth-order valence-corrected chi connectivity index (χ4v) is 4.89. The minimum absolute atomic E-state index is 0.0447. The number of urea groups is 1. The van der Waals surface area contributed by atoms with Gasteiger partial charge in [0.15, 0.2) is 17.4 Å². The Morgan fingerprint density at radius 2 is 2.16 bits per heavy atom. The number of ketones is 1. The fraction of sp³-hybridized carbons (Fsp3) is 0.538. The first-order valence-electron chi connectivity index (χ1n) is 12.7. The Morgan fingerprint density at radius 1 is 1.32 bits per heavy atom. The molecule has 2 amide bonds. The second-order valence-corrected chi connectivity index (χ2v) is 10.3. The van der Waals surface area contributed by atoms with Crippen molar-refractivity contribution in [3.05, 3.63) is 36.2 Å². The van der Waals surface area contributed by atoms with Crippen LogP contribution < -0.4 is 25.6 Å². The molecule has 0 radical (unpaired) electrons. The van der Waals surface area contributed by atoms with E-state index >= 15 is 0 Å². The summed E-state index contributed by atoms with van der Waals surface area (Å²) in [6.45, 7) is 7.92. The summed E-state index contributed by atoms with van der Waals surface area (Å²) < 4.78 is 17.2. The Morgan fingerprint density at radius 3 is 2.92 bits per heavy atom. The summed E-state index contributed by atoms with van der Waals surface area (Å²) in [7, 11) is 0. The summed E-state index contributed by atoms with van der Waals surface area (Å²) in [6.07, 6.45) is 3.12. The quantitative estimate of drug-likeness (QED) is 0.514. The average Bonchev–Trinajstić information content (AvgIpc) is 3.44. The van der Waals surface area contributed by atoms with Gasteiger partial charge in [-0.3, -0.25) is 15.0 Å². The van der Waals surface area contributed by atoms with Gasteiger partial charge in [0.25, 0.3) is 0 Å². The number of ether oxygens (including phenoxy) is 3. The molecule has 37 heavy (non-hydrogen) atoms. The molecule has 0 aliphatic carbocycles. The second kappa shape index (κ2) is 10.2. The number of hydrogen-bond acceptors (Lipinski definition) is 9. The zero-order chi connectivity index (χ0) is 26.2. The van der Waals surface area contributed by atoms with E-state index in [-0.39, 0.29) is 30.0 Å². The monoisotopic (exact) mass is 510 g/mol. The molecule has 3 aliphatic rings. The molecular weight excluding hydrogens is 476 g/mol. The number of nitrogens with zero attached hydrogens (tertiary/aromatic N) is 4. The van der Waals surface area contributed by atoms with E-state index < -0.39 is 5.79 Å². The Balaban J connectivity index is 1.30. The van der Waals surface area contributed by atoms with Crippen LogP contribution in [0.4, 0.5) is 22.1 Å². The number of anilines is 3. The Bertz CT molecular complexity index is 1170. The van der Waals surface area contributed by atoms with Crippen LogP contribution in [-0.4, -0.2) is 72.1 Å². The smallest absolute Gasteiger partial charge is 0.329 e. The van der Waals surface area contributed by atoms with E-state index in [1.165, 1.54) is 0 Å². The number of nitrogens with one attached hydrogen (secondary N) is 1. The van der Waals surface area contributed by atoms with Crippen molar-refractivity contribution in [1.29, 1.82) is 0 Å². The first kappa shape index (κ1) is 25.4. The zero-order valence-corrected chi connectivity index (χ0v) is 21.5. The predicted octanol–water partition coefficient (Wildman–Crippen LogP) is 2.95. The molecule has 0 unspecified atom stereocenters. The van der Waals surface area contributed by atoms with Gasteiger partial charge in [0.05, 0.1) is 18.3 Å². The van der Waals surface area contributed by atoms with Gasteiger partial charge >= 0.3 is 6.03 Å². The van der Waals surface area contributed by atoms with Gasteiger partial charge in [0.1, 0.15) is 30.0 Å². The normalized spacial score (nSPS) is 22.5. The van der Waals surface area contributed by atoms with E-state index in [1.54, 1.807) is 29.3 Å². The van der Waals surface area contributed by atoms with Crippen molar-refractivity contribution in [3.63, 3.8) is 0 Å². The lowest BCUT2D eigenvalue weighted by Crippen LogP contribution is -2.48. The van der Waals surface area contributed by atoms with Crippen molar-refractivity contribution >= 4 is 29.1 Å². The standard InChI is InChI=1S/C26H34N6O5/c1-16(27)4-7-22(33)20-5-6-21-24(29-20)32(17-9-11-31(21)13-17)25(34)30-23-12-18(8-10-28-23)35-14-19-15-36-26(2,3)37-19/h5-6,8,10,12,16-17,19H,4,7,9,11,13-15,27H2,1-3H3,(H,28,30,34)/t16-,17-,19-/m0/s1. The Labute approximate surface area is 216 Å². The van der Waals surface area contributed by atoms with Crippen molar-refractivity contribution in [1.82, 2.24) is 9.97 Å². The van der Waals surface area contributed by atoms with Gasteiger partial charge < -0.3 is 24.8 Å². The van der Waals surface area contributed by atoms with Crippen LogP contribution in [0.15, 0.2) is 30.5 Å². The van der Waals surface area contributed by atoms with Crippen LogP contribution >= 0.6 is 0 Å². The van der Waals surface area contributed by atoms with Crippen LogP contribution in [0.1, 0.15) is 50.5 Å². The van der Waals surface area contributed by atoms with Crippen molar-refractivity contribution in [3.8, 4) is 5.75 Å². The highest BCUT2D eigenvalue weighted by atomic mass is 16.7. The summed E-state index contributed by atoms with van der Waals surface area (Å²) in [4.78, 5) is 39.0. The highest BCUT2D eigenvalue weighted by Crippen LogP contribution is 2.39. The Hall–Kier alpha value is -3.28. The second-order valence-electron chi connectivity index (χ2n) is 10.3. The van der Waals surface area contributed by atoms with E-state index in [1.807, 2.05) is 26.8 Å². The van der Waals surface area contributed by atoms with Gasteiger partial charge in [-0.1, -0.05) is 0 Å². The van der Waals surface area contributed by atoms with Gasteiger partial charge in [0.2, 0.25) is 0 Å². The highest BCUT2D eigenvalue weighted by molar-refractivity contribution is 6.05. The molecule has 3 atom stereocenters. The number of fused-ring (bicyclic) bond motifs is 4. The number of carbonyl (C=O) groups is 2. The molecule has 11 heteroatoms. The summed E-state index contributed by atoms with van der Waals surface area (Å²) in [5.74, 6) is 0.710. The van der Waals surface area contributed by atoms with Gasteiger partial charge in [-0.25, -0.2) is 14.8 Å². The lowest BCUT2D eigenvalue weighted by atomic mass is 10.1. The molecule has 0 spiro atoms. The molecule has 11 nitrogen and oxygen atoms in total. The third kappa shape index (κ3) is 5.68. The van der Waals surface area contributed by atoms with Crippen LogP contribution in [-0.2, 0) is 9.47 Å². The molecule has 198 valence electrons. The lowest BCUT2D eigenvalue weighted by Gasteiger charge is -2.35. The van der Waals surface area contributed by atoms with Crippen molar-refractivity contribution in [2.75, 3.05) is 41.4 Å². The van der Waals surface area contributed by atoms with Gasteiger partial charge in [-0.2, -0.15) is 0 Å². The number of Topliss-reactive ketones (excluding diaryl/α,β-unsaturated/α-hetero) is 1. The molecule has 5 rings (SSSR count). The van der Waals surface area contributed by atoms with Crippen LogP contribution in [0.3, 0.4) is 0 Å².